The van der Waals surface area contributed by atoms with Gasteiger partial charge in [0.15, 0.2) is 12.4 Å². The van der Waals surface area contributed by atoms with Crippen LogP contribution < -0.4 is 9.47 Å². The van der Waals surface area contributed by atoms with Crippen LogP contribution in [0.5, 0.6) is 11.8 Å². The van der Waals surface area contributed by atoms with E-state index in [-0.39, 0.29) is 24.6 Å². The zero-order valence-corrected chi connectivity index (χ0v) is 13.3. The second-order valence-electron chi connectivity index (χ2n) is 5.66. The van der Waals surface area contributed by atoms with Crippen molar-refractivity contribution >= 4 is 5.91 Å². The molecule has 126 valence electrons. The van der Waals surface area contributed by atoms with Crippen molar-refractivity contribution in [1.82, 2.24) is 14.9 Å². The van der Waals surface area contributed by atoms with Crippen LogP contribution in [0.4, 0.5) is 4.39 Å². The van der Waals surface area contributed by atoms with E-state index in [1.165, 1.54) is 0 Å². The molecule has 1 aliphatic heterocycles. The van der Waals surface area contributed by atoms with E-state index < -0.39 is 5.82 Å². The summed E-state index contributed by atoms with van der Waals surface area (Å²) in [6.45, 7) is 2.98. The Balaban J connectivity index is 1.48. The van der Waals surface area contributed by atoms with Gasteiger partial charge in [0.05, 0.1) is 18.9 Å². The molecule has 0 saturated carbocycles. The minimum atomic E-state index is -0.515. The molecular formula is C17H18FN3O3. The SMILES string of the molecule is Cc1cccc(OCC(=O)N2CC[C@H](Oc3ncc(F)cn3)C2)c1. The number of aryl methyl sites for hydroxylation is 1. The van der Waals surface area contributed by atoms with Crippen molar-refractivity contribution in [1.29, 1.82) is 0 Å². The van der Waals surface area contributed by atoms with Crippen molar-refractivity contribution in [3.05, 3.63) is 48.0 Å². The Hall–Kier alpha value is -2.70. The fraction of sp³-hybridized carbons (Fsp3) is 0.353. The Bertz CT molecular complexity index is 708. The molecule has 0 radical (unpaired) electrons. The Morgan fingerprint density at radius 2 is 2.17 bits per heavy atom. The highest BCUT2D eigenvalue weighted by Crippen LogP contribution is 2.16. The number of aromatic nitrogens is 2. The number of hydrogen-bond donors (Lipinski definition) is 0. The minimum absolute atomic E-state index is 0.0107. The maximum atomic E-state index is 12.8. The van der Waals surface area contributed by atoms with Crippen LogP contribution >= 0.6 is 0 Å². The average molecular weight is 331 g/mol. The van der Waals surface area contributed by atoms with Crippen LogP contribution in [-0.4, -0.2) is 46.6 Å². The first-order chi connectivity index (χ1) is 11.6. The zero-order valence-electron chi connectivity index (χ0n) is 13.3. The third kappa shape index (κ3) is 4.18. The molecular weight excluding hydrogens is 313 g/mol. The third-order valence-electron chi connectivity index (χ3n) is 3.72. The number of benzene rings is 1. The number of halogens is 1. The van der Waals surface area contributed by atoms with Crippen molar-refractivity contribution in [2.75, 3.05) is 19.7 Å². The monoisotopic (exact) mass is 331 g/mol. The molecule has 0 spiro atoms. The van der Waals surface area contributed by atoms with E-state index >= 15 is 0 Å². The summed E-state index contributed by atoms with van der Waals surface area (Å²) in [7, 11) is 0. The molecule has 0 N–H and O–H groups in total. The van der Waals surface area contributed by atoms with Gasteiger partial charge in [-0.25, -0.2) is 14.4 Å². The Morgan fingerprint density at radius 1 is 1.38 bits per heavy atom. The van der Waals surface area contributed by atoms with Crippen LogP contribution in [0.1, 0.15) is 12.0 Å². The summed E-state index contributed by atoms with van der Waals surface area (Å²) >= 11 is 0. The number of carbonyl (C=O) groups is 1. The summed E-state index contributed by atoms with van der Waals surface area (Å²) in [6.07, 6.45) is 2.58. The molecule has 0 unspecified atom stereocenters. The molecule has 1 aromatic heterocycles. The van der Waals surface area contributed by atoms with Crippen molar-refractivity contribution < 1.29 is 18.7 Å². The second kappa shape index (κ2) is 7.25. The molecule has 6 nitrogen and oxygen atoms in total. The van der Waals surface area contributed by atoms with Gasteiger partial charge in [-0.2, -0.15) is 0 Å². The van der Waals surface area contributed by atoms with Crippen LogP contribution in [-0.2, 0) is 4.79 Å². The highest BCUT2D eigenvalue weighted by Gasteiger charge is 2.28. The Kier molecular flexibility index (Phi) is 4.88. The number of nitrogens with zero attached hydrogens (tertiary/aromatic N) is 3. The molecule has 1 saturated heterocycles. The van der Waals surface area contributed by atoms with Gasteiger partial charge in [-0.3, -0.25) is 4.79 Å². The number of likely N-dealkylation sites (tertiary alicyclic amines) is 1. The van der Waals surface area contributed by atoms with E-state index in [0.717, 1.165) is 18.0 Å². The number of carbonyl (C=O) groups excluding carboxylic acids is 1. The quantitative estimate of drug-likeness (QED) is 0.838. The summed E-state index contributed by atoms with van der Waals surface area (Å²) in [5.41, 5.74) is 1.08. The normalized spacial score (nSPS) is 16.9. The molecule has 2 aromatic rings. The molecule has 1 aliphatic rings. The van der Waals surface area contributed by atoms with Gasteiger partial charge in [0.25, 0.3) is 5.91 Å². The van der Waals surface area contributed by atoms with Gasteiger partial charge in [-0.15, -0.1) is 0 Å². The maximum absolute atomic E-state index is 12.8. The molecule has 3 rings (SSSR count). The van der Waals surface area contributed by atoms with Crippen LogP contribution in [0.2, 0.25) is 0 Å². The third-order valence-corrected chi connectivity index (χ3v) is 3.72. The molecule has 24 heavy (non-hydrogen) atoms. The van der Waals surface area contributed by atoms with E-state index in [2.05, 4.69) is 9.97 Å². The first kappa shape index (κ1) is 16.2. The maximum Gasteiger partial charge on any atom is 0.316 e. The standard InChI is InChI=1S/C17H18FN3O3/c1-12-3-2-4-14(7-12)23-11-16(22)21-6-5-15(10-21)24-17-19-8-13(18)9-20-17/h2-4,7-9,15H,5-6,10-11H2,1H3/t15-/m0/s1. The number of rotatable bonds is 5. The van der Waals surface area contributed by atoms with Crippen LogP contribution in [0.3, 0.4) is 0 Å². The highest BCUT2D eigenvalue weighted by molar-refractivity contribution is 5.78. The molecule has 1 aromatic carbocycles. The van der Waals surface area contributed by atoms with E-state index in [4.69, 9.17) is 9.47 Å². The predicted molar refractivity (Wildman–Crippen MR) is 84.3 cm³/mol. The largest absolute Gasteiger partial charge is 0.484 e. The summed E-state index contributed by atoms with van der Waals surface area (Å²) in [5.74, 6) is 0.0663. The average Bonchev–Trinajstić information content (AvgIpc) is 3.03. The lowest BCUT2D eigenvalue weighted by Crippen LogP contribution is -2.34. The topological polar surface area (TPSA) is 64.5 Å². The Labute approximate surface area is 139 Å². The first-order valence-electron chi connectivity index (χ1n) is 7.71. The summed E-state index contributed by atoms with van der Waals surface area (Å²) in [6, 6.07) is 7.68. The number of hydrogen-bond acceptors (Lipinski definition) is 5. The summed E-state index contributed by atoms with van der Waals surface area (Å²) in [5, 5.41) is 0. The van der Waals surface area contributed by atoms with Crippen molar-refractivity contribution in [2.45, 2.75) is 19.4 Å². The van der Waals surface area contributed by atoms with Crippen LogP contribution in [0.25, 0.3) is 0 Å². The lowest BCUT2D eigenvalue weighted by Gasteiger charge is -2.17. The first-order valence-corrected chi connectivity index (χ1v) is 7.71. The molecule has 7 heteroatoms. The lowest BCUT2D eigenvalue weighted by atomic mass is 10.2. The van der Waals surface area contributed by atoms with E-state index in [1.807, 2.05) is 31.2 Å². The van der Waals surface area contributed by atoms with Gasteiger partial charge in [-0.05, 0) is 24.6 Å². The van der Waals surface area contributed by atoms with Crippen LogP contribution in [0.15, 0.2) is 36.7 Å². The molecule has 0 aliphatic carbocycles. The minimum Gasteiger partial charge on any atom is -0.484 e. The second-order valence-corrected chi connectivity index (χ2v) is 5.66. The summed E-state index contributed by atoms with van der Waals surface area (Å²) < 4.78 is 23.9. The zero-order chi connectivity index (χ0) is 16.9. The van der Waals surface area contributed by atoms with Gasteiger partial charge in [0.1, 0.15) is 11.9 Å². The molecule has 0 bridgehead atoms. The van der Waals surface area contributed by atoms with Crippen LogP contribution in [0, 0.1) is 12.7 Å². The van der Waals surface area contributed by atoms with Gasteiger partial charge < -0.3 is 14.4 Å². The Morgan fingerprint density at radius 3 is 2.92 bits per heavy atom. The lowest BCUT2D eigenvalue weighted by molar-refractivity contribution is -0.132. The van der Waals surface area contributed by atoms with Gasteiger partial charge >= 0.3 is 6.01 Å². The highest BCUT2D eigenvalue weighted by atomic mass is 19.1. The number of ether oxygens (including phenoxy) is 2. The molecule has 1 amide bonds. The van der Waals surface area contributed by atoms with E-state index in [0.29, 0.717) is 25.3 Å². The summed E-state index contributed by atoms with van der Waals surface area (Å²) in [4.78, 5) is 21.4. The fourth-order valence-electron chi connectivity index (χ4n) is 2.50. The predicted octanol–water partition coefficient (Wildman–Crippen LogP) is 1.98. The number of amides is 1. The van der Waals surface area contributed by atoms with Gasteiger partial charge in [0.2, 0.25) is 0 Å². The van der Waals surface area contributed by atoms with Crippen molar-refractivity contribution in [2.24, 2.45) is 0 Å². The molecule has 1 fully saturated rings. The molecule has 1 atom stereocenters. The smallest absolute Gasteiger partial charge is 0.316 e. The van der Waals surface area contributed by atoms with Gasteiger partial charge in [-0.1, -0.05) is 12.1 Å². The fourth-order valence-corrected chi connectivity index (χ4v) is 2.50. The van der Waals surface area contributed by atoms with Gasteiger partial charge in [0, 0.05) is 13.0 Å². The van der Waals surface area contributed by atoms with Crippen molar-refractivity contribution in [3.63, 3.8) is 0 Å². The van der Waals surface area contributed by atoms with Crippen molar-refractivity contribution in [3.8, 4) is 11.8 Å². The molecule has 2 heterocycles. The van der Waals surface area contributed by atoms with E-state index in [1.54, 1.807) is 4.90 Å². The van der Waals surface area contributed by atoms with E-state index in [9.17, 15) is 9.18 Å².